The van der Waals surface area contributed by atoms with Crippen LogP contribution in [0.3, 0.4) is 0 Å². The lowest BCUT2D eigenvalue weighted by atomic mass is 9.90. The second-order valence-corrected chi connectivity index (χ2v) is 11.5. The molecule has 3 atom stereocenters. The standard InChI is InChI=1S/C28H42N4O3/c1-28(2,3)15-26(33)31-20-14-19(16-29-17-20)27(34)32(21-11-12-21)25(10-7-13-35-4)23-18-30-24-9-6-5-8-22(23)24/h5-6,8-9,18-21,25,29-30H,7,10-17H2,1-4H3,(H,31,33)/t19-,20+,25?/m0/s1. The molecule has 1 unspecified atom stereocenters. The molecule has 7 nitrogen and oxygen atoms in total. The van der Waals surface area contributed by atoms with Crippen LogP contribution in [0.2, 0.25) is 0 Å². The van der Waals surface area contributed by atoms with Crippen molar-refractivity contribution in [3.63, 3.8) is 0 Å². The molecule has 192 valence electrons. The van der Waals surface area contributed by atoms with Gasteiger partial charge in [-0.1, -0.05) is 39.0 Å². The van der Waals surface area contributed by atoms with Crippen LogP contribution in [0, 0.1) is 11.3 Å². The Labute approximate surface area is 209 Å². The predicted molar refractivity (Wildman–Crippen MR) is 139 cm³/mol. The lowest BCUT2D eigenvalue weighted by molar-refractivity contribution is -0.140. The van der Waals surface area contributed by atoms with E-state index in [1.807, 2.05) is 6.07 Å². The molecule has 1 aromatic carbocycles. The van der Waals surface area contributed by atoms with Gasteiger partial charge in [-0.15, -0.1) is 0 Å². The van der Waals surface area contributed by atoms with Crippen LogP contribution in [-0.4, -0.2) is 60.6 Å². The van der Waals surface area contributed by atoms with E-state index in [4.69, 9.17) is 4.74 Å². The van der Waals surface area contributed by atoms with E-state index in [0.717, 1.165) is 31.2 Å². The third kappa shape index (κ3) is 6.64. The average Bonchev–Trinajstić information content (AvgIpc) is 3.55. The van der Waals surface area contributed by atoms with E-state index in [2.05, 4.69) is 65.7 Å². The van der Waals surface area contributed by atoms with Gasteiger partial charge in [-0.25, -0.2) is 0 Å². The minimum atomic E-state index is -0.139. The molecule has 0 bridgehead atoms. The van der Waals surface area contributed by atoms with Crippen LogP contribution in [0.1, 0.15) is 70.9 Å². The van der Waals surface area contributed by atoms with E-state index in [9.17, 15) is 9.59 Å². The Morgan fingerprint density at radius 2 is 1.97 bits per heavy atom. The van der Waals surface area contributed by atoms with Gasteiger partial charge in [0.15, 0.2) is 0 Å². The number of para-hydroxylation sites is 1. The molecule has 2 aliphatic rings. The Hall–Kier alpha value is -2.38. The number of methoxy groups -OCH3 is 1. The molecule has 35 heavy (non-hydrogen) atoms. The predicted octanol–water partition coefficient (Wildman–Crippen LogP) is 4.16. The van der Waals surface area contributed by atoms with Gasteiger partial charge >= 0.3 is 0 Å². The van der Waals surface area contributed by atoms with Crippen molar-refractivity contribution in [3.8, 4) is 0 Å². The maximum atomic E-state index is 14.1. The number of piperidine rings is 1. The molecule has 1 aliphatic heterocycles. The van der Waals surface area contributed by atoms with Crippen LogP contribution in [0.4, 0.5) is 0 Å². The van der Waals surface area contributed by atoms with Crippen LogP contribution in [-0.2, 0) is 14.3 Å². The van der Waals surface area contributed by atoms with Gasteiger partial charge in [0.2, 0.25) is 11.8 Å². The monoisotopic (exact) mass is 482 g/mol. The summed E-state index contributed by atoms with van der Waals surface area (Å²) in [5, 5.41) is 7.77. The SMILES string of the molecule is COCCCC(c1c[nH]c2ccccc12)N(C(=O)[C@@H]1CNC[C@H](NC(=O)CC(C)(C)C)C1)C1CC1. The smallest absolute Gasteiger partial charge is 0.227 e. The quantitative estimate of drug-likeness (QED) is 0.444. The zero-order valence-electron chi connectivity index (χ0n) is 21.7. The fourth-order valence-corrected chi connectivity index (χ4v) is 5.39. The van der Waals surface area contributed by atoms with Crippen molar-refractivity contribution in [1.29, 1.82) is 0 Å². The van der Waals surface area contributed by atoms with Gasteiger partial charge in [-0.2, -0.15) is 0 Å². The first kappa shape index (κ1) is 25.7. The zero-order chi connectivity index (χ0) is 25.0. The highest BCUT2D eigenvalue weighted by molar-refractivity contribution is 5.86. The van der Waals surface area contributed by atoms with Crippen molar-refractivity contribution in [2.45, 2.75) is 77.4 Å². The first-order valence-corrected chi connectivity index (χ1v) is 13.1. The first-order valence-electron chi connectivity index (χ1n) is 13.1. The Morgan fingerprint density at radius 3 is 2.69 bits per heavy atom. The molecule has 1 saturated heterocycles. The molecular weight excluding hydrogens is 440 g/mol. The largest absolute Gasteiger partial charge is 0.385 e. The average molecular weight is 483 g/mol. The number of amides is 2. The number of carbonyl (C=O) groups is 2. The Balaban J connectivity index is 1.53. The van der Waals surface area contributed by atoms with Crippen LogP contribution < -0.4 is 10.6 Å². The summed E-state index contributed by atoms with van der Waals surface area (Å²) >= 11 is 0. The molecule has 3 N–H and O–H groups in total. The summed E-state index contributed by atoms with van der Waals surface area (Å²) in [5.74, 6) is 0.134. The Bertz CT molecular complexity index is 1010. The van der Waals surface area contributed by atoms with E-state index in [1.54, 1.807) is 7.11 Å². The highest BCUT2D eigenvalue weighted by atomic mass is 16.5. The topological polar surface area (TPSA) is 86.5 Å². The molecule has 7 heteroatoms. The molecule has 2 fully saturated rings. The van der Waals surface area contributed by atoms with Gasteiger partial charge in [-0.3, -0.25) is 9.59 Å². The van der Waals surface area contributed by atoms with Gasteiger partial charge < -0.3 is 25.3 Å². The second kappa shape index (κ2) is 11.1. The van der Waals surface area contributed by atoms with E-state index >= 15 is 0 Å². The van der Waals surface area contributed by atoms with Crippen molar-refractivity contribution in [1.82, 2.24) is 20.5 Å². The number of benzene rings is 1. The molecule has 1 aliphatic carbocycles. The van der Waals surface area contributed by atoms with Crippen molar-refractivity contribution in [2.24, 2.45) is 11.3 Å². The summed E-state index contributed by atoms with van der Waals surface area (Å²) in [5.41, 5.74) is 2.23. The Kier molecular flexibility index (Phi) is 8.17. The number of fused-ring (bicyclic) bond motifs is 1. The third-order valence-electron chi connectivity index (χ3n) is 7.09. The van der Waals surface area contributed by atoms with E-state index in [-0.39, 0.29) is 35.2 Å². The van der Waals surface area contributed by atoms with E-state index in [0.29, 0.717) is 38.6 Å². The van der Waals surface area contributed by atoms with E-state index in [1.165, 1.54) is 10.9 Å². The number of carbonyl (C=O) groups excluding carboxylic acids is 2. The number of aromatic amines is 1. The number of H-pyrrole nitrogens is 1. The maximum absolute atomic E-state index is 14.1. The third-order valence-corrected chi connectivity index (χ3v) is 7.09. The minimum absolute atomic E-state index is 0.0113. The highest BCUT2D eigenvalue weighted by Crippen LogP contribution is 2.40. The molecule has 2 aromatic rings. The van der Waals surface area contributed by atoms with Gasteiger partial charge in [0.05, 0.1) is 12.0 Å². The van der Waals surface area contributed by atoms with Crippen molar-refractivity contribution < 1.29 is 14.3 Å². The fraction of sp³-hybridized carbons (Fsp3) is 0.643. The summed E-state index contributed by atoms with van der Waals surface area (Å²) in [4.78, 5) is 32.2. The van der Waals surface area contributed by atoms with Crippen LogP contribution >= 0.6 is 0 Å². The number of nitrogens with zero attached hydrogens (tertiary/aromatic N) is 1. The summed E-state index contributed by atoms with van der Waals surface area (Å²) in [6.45, 7) is 8.26. The molecule has 0 spiro atoms. The minimum Gasteiger partial charge on any atom is -0.385 e. The van der Waals surface area contributed by atoms with Crippen molar-refractivity contribution in [3.05, 3.63) is 36.0 Å². The van der Waals surface area contributed by atoms with Crippen LogP contribution in [0.5, 0.6) is 0 Å². The van der Waals surface area contributed by atoms with Gasteiger partial charge in [0.25, 0.3) is 0 Å². The molecule has 1 saturated carbocycles. The summed E-state index contributed by atoms with van der Waals surface area (Å²) < 4.78 is 5.35. The number of aromatic nitrogens is 1. The van der Waals surface area contributed by atoms with Crippen LogP contribution in [0.25, 0.3) is 10.9 Å². The number of hydrogen-bond acceptors (Lipinski definition) is 4. The lowest BCUT2D eigenvalue weighted by Crippen LogP contribution is -2.53. The van der Waals surface area contributed by atoms with Gasteiger partial charge in [0.1, 0.15) is 0 Å². The molecule has 1 aromatic heterocycles. The van der Waals surface area contributed by atoms with Gasteiger partial charge in [0, 0.05) is 62.4 Å². The summed E-state index contributed by atoms with van der Waals surface area (Å²) in [6.07, 6.45) is 7.12. The molecule has 0 radical (unpaired) electrons. The fourth-order valence-electron chi connectivity index (χ4n) is 5.39. The van der Waals surface area contributed by atoms with E-state index < -0.39 is 0 Å². The highest BCUT2D eigenvalue weighted by Gasteiger charge is 2.42. The van der Waals surface area contributed by atoms with Gasteiger partial charge in [-0.05, 0) is 49.1 Å². The van der Waals surface area contributed by atoms with Crippen LogP contribution in [0.15, 0.2) is 30.5 Å². The maximum Gasteiger partial charge on any atom is 0.227 e. The van der Waals surface area contributed by atoms with Crippen molar-refractivity contribution >= 4 is 22.7 Å². The lowest BCUT2D eigenvalue weighted by Gasteiger charge is -2.38. The first-order chi connectivity index (χ1) is 16.8. The molecule has 2 heterocycles. The summed E-state index contributed by atoms with van der Waals surface area (Å²) in [6, 6.07) is 8.61. The molecular formula is C28H42N4O3. The molecule has 4 rings (SSSR count). The Morgan fingerprint density at radius 1 is 1.20 bits per heavy atom. The second-order valence-electron chi connectivity index (χ2n) is 11.5. The summed E-state index contributed by atoms with van der Waals surface area (Å²) in [7, 11) is 1.73. The zero-order valence-corrected chi connectivity index (χ0v) is 21.7. The number of nitrogens with one attached hydrogen (secondary N) is 3. The number of hydrogen-bond donors (Lipinski definition) is 3. The number of rotatable bonds is 10. The number of ether oxygens (including phenoxy) is 1. The van der Waals surface area contributed by atoms with Crippen molar-refractivity contribution in [2.75, 3.05) is 26.8 Å². The molecule has 2 amide bonds. The normalized spacial score (nSPS) is 21.6.